The Labute approximate surface area is 157 Å². The number of benzene rings is 2. The fourth-order valence-corrected chi connectivity index (χ4v) is 2.86. The van der Waals surface area contributed by atoms with Gasteiger partial charge in [0.15, 0.2) is 5.82 Å². The summed E-state index contributed by atoms with van der Waals surface area (Å²) in [4.78, 5) is 4.28. The Kier molecular flexibility index (Phi) is 4.53. The zero-order valence-corrected chi connectivity index (χ0v) is 15.0. The SMILES string of the molecule is COc1ccc(OC)c(-c2ccc(-c3cn(-c4ccccn4)nn3)cc2)c1. The molecule has 0 saturated heterocycles. The summed E-state index contributed by atoms with van der Waals surface area (Å²) in [5.74, 6) is 2.31. The minimum atomic E-state index is 0.731. The molecule has 0 bridgehead atoms. The lowest BCUT2D eigenvalue weighted by Crippen LogP contribution is -1.96. The van der Waals surface area contributed by atoms with Crippen molar-refractivity contribution in [1.82, 2.24) is 20.0 Å². The smallest absolute Gasteiger partial charge is 0.155 e. The molecule has 0 saturated carbocycles. The number of hydrogen-bond acceptors (Lipinski definition) is 5. The highest BCUT2D eigenvalue weighted by Gasteiger charge is 2.10. The van der Waals surface area contributed by atoms with Gasteiger partial charge in [0, 0.05) is 17.3 Å². The van der Waals surface area contributed by atoms with Crippen molar-refractivity contribution in [2.75, 3.05) is 14.2 Å². The molecular weight excluding hydrogens is 340 g/mol. The standard InChI is InChI=1S/C21H18N4O2/c1-26-17-10-11-20(27-2)18(13-17)15-6-8-16(9-7-15)19-14-25(24-23-19)21-5-3-4-12-22-21/h3-14H,1-2H3. The summed E-state index contributed by atoms with van der Waals surface area (Å²) in [6, 6.07) is 19.5. The molecule has 0 unspecified atom stereocenters. The van der Waals surface area contributed by atoms with E-state index < -0.39 is 0 Å². The second kappa shape index (κ2) is 7.29. The average Bonchev–Trinajstić information content (AvgIpc) is 3.24. The van der Waals surface area contributed by atoms with Gasteiger partial charge in [-0.25, -0.2) is 9.67 Å². The van der Waals surface area contributed by atoms with E-state index in [1.165, 1.54) is 0 Å². The third-order valence-corrected chi connectivity index (χ3v) is 4.28. The summed E-state index contributed by atoms with van der Waals surface area (Å²) in [6.07, 6.45) is 3.59. The number of aromatic nitrogens is 4. The van der Waals surface area contributed by atoms with Gasteiger partial charge in [-0.1, -0.05) is 35.5 Å². The van der Waals surface area contributed by atoms with Gasteiger partial charge in [0.2, 0.25) is 0 Å². The third kappa shape index (κ3) is 3.37. The molecule has 0 aliphatic heterocycles. The van der Waals surface area contributed by atoms with E-state index in [0.29, 0.717) is 0 Å². The van der Waals surface area contributed by atoms with Crippen LogP contribution in [0.25, 0.3) is 28.2 Å². The van der Waals surface area contributed by atoms with Crippen LogP contribution in [0.2, 0.25) is 0 Å². The Morgan fingerprint density at radius 1 is 0.852 bits per heavy atom. The Balaban J connectivity index is 1.65. The first-order valence-electron chi connectivity index (χ1n) is 8.45. The number of pyridine rings is 1. The van der Waals surface area contributed by atoms with Crippen LogP contribution in [0.15, 0.2) is 73.1 Å². The van der Waals surface area contributed by atoms with Crippen molar-refractivity contribution in [1.29, 1.82) is 0 Å². The van der Waals surface area contributed by atoms with E-state index in [4.69, 9.17) is 9.47 Å². The molecule has 2 heterocycles. The molecule has 0 fully saturated rings. The van der Waals surface area contributed by atoms with Gasteiger partial charge < -0.3 is 9.47 Å². The lowest BCUT2D eigenvalue weighted by atomic mass is 10.0. The van der Waals surface area contributed by atoms with Crippen LogP contribution < -0.4 is 9.47 Å². The highest BCUT2D eigenvalue weighted by atomic mass is 16.5. The highest BCUT2D eigenvalue weighted by Crippen LogP contribution is 2.34. The Morgan fingerprint density at radius 2 is 1.67 bits per heavy atom. The average molecular weight is 358 g/mol. The molecule has 4 aromatic rings. The predicted octanol–water partition coefficient (Wildman–Crippen LogP) is 4.01. The largest absolute Gasteiger partial charge is 0.497 e. The predicted molar refractivity (Wildman–Crippen MR) is 103 cm³/mol. The molecular formula is C21H18N4O2. The highest BCUT2D eigenvalue weighted by molar-refractivity contribution is 5.74. The lowest BCUT2D eigenvalue weighted by Gasteiger charge is -2.11. The number of nitrogens with zero attached hydrogens (tertiary/aromatic N) is 4. The molecule has 134 valence electrons. The Morgan fingerprint density at radius 3 is 2.37 bits per heavy atom. The van der Waals surface area contributed by atoms with Gasteiger partial charge in [-0.05, 0) is 35.9 Å². The van der Waals surface area contributed by atoms with Gasteiger partial charge in [0.05, 0.1) is 20.4 Å². The first-order valence-corrected chi connectivity index (χ1v) is 8.45. The fourth-order valence-electron chi connectivity index (χ4n) is 2.86. The molecule has 4 rings (SSSR count). The molecule has 0 N–H and O–H groups in total. The molecule has 6 heteroatoms. The molecule has 2 aromatic carbocycles. The van der Waals surface area contributed by atoms with Crippen molar-refractivity contribution in [3.63, 3.8) is 0 Å². The summed E-state index contributed by atoms with van der Waals surface area (Å²) in [5, 5.41) is 8.42. The Hall–Kier alpha value is -3.67. The van der Waals surface area contributed by atoms with E-state index in [-0.39, 0.29) is 0 Å². The van der Waals surface area contributed by atoms with Gasteiger partial charge in [-0.2, -0.15) is 0 Å². The summed E-state index contributed by atoms with van der Waals surface area (Å²) in [7, 11) is 3.31. The molecule has 0 radical (unpaired) electrons. The first kappa shape index (κ1) is 16.8. The van der Waals surface area contributed by atoms with Crippen LogP contribution in [-0.4, -0.2) is 34.2 Å². The molecule has 0 aliphatic carbocycles. The quantitative estimate of drug-likeness (QED) is 0.539. The monoisotopic (exact) mass is 358 g/mol. The maximum Gasteiger partial charge on any atom is 0.155 e. The number of rotatable bonds is 5. The summed E-state index contributed by atoms with van der Waals surface area (Å²) >= 11 is 0. The van der Waals surface area contributed by atoms with Crippen LogP contribution in [0, 0.1) is 0 Å². The van der Waals surface area contributed by atoms with E-state index in [1.807, 2.05) is 66.9 Å². The van der Waals surface area contributed by atoms with Gasteiger partial charge in [0.1, 0.15) is 17.2 Å². The van der Waals surface area contributed by atoms with E-state index in [0.717, 1.165) is 39.7 Å². The van der Waals surface area contributed by atoms with Crippen LogP contribution in [0.3, 0.4) is 0 Å². The number of hydrogen-bond donors (Lipinski definition) is 0. The van der Waals surface area contributed by atoms with E-state index in [9.17, 15) is 0 Å². The molecule has 6 nitrogen and oxygen atoms in total. The van der Waals surface area contributed by atoms with Crippen molar-refractivity contribution in [3.8, 4) is 39.7 Å². The maximum atomic E-state index is 5.48. The summed E-state index contributed by atoms with van der Waals surface area (Å²) < 4.78 is 12.5. The lowest BCUT2D eigenvalue weighted by molar-refractivity contribution is 0.404. The van der Waals surface area contributed by atoms with Crippen molar-refractivity contribution >= 4 is 0 Å². The summed E-state index contributed by atoms with van der Waals surface area (Å²) in [6.45, 7) is 0. The fraction of sp³-hybridized carbons (Fsp3) is 0.0952. The van der Waals surface area contributed by atoms with Crippen LogP contribution in [0.1, 0.15) is 0 Å². The van der Waals surface area contributed by atoms with Gasteiger partial charge in [-0.3, -0.25) is 0 Å². The van der Waals surface area contributed by atoms with Crippen molar-refractivity contribution in [3.05, 3.63) is 73.1 Å². The molecule has 0 amide bonds. The number of methoxy groups -OCH3 is 2. The minimum Gasteiger partial charge on any atom is -0.497 e. The zero-order valence-electron chi connectivity index (χ0n) is 15.0. The van der Waals surface area contributed by atoms with Crippen molar-refractivity contribution in [2.45, 2.75) is 0 Å². The van der Waals surface area contributed by atoms with Gasteiger partial charge in [-0.15, -0.1) is 5.10 Å². The first-order chi connectivity index (χ1) is 13.3. The van der Waals surface area contributed by atoms with Crippen molar-refractivity contribution < 1.29 is 9.47 Å². The molecule has 27 heavy (non-hydrogen) atoms. The van der Waals surface area contributed by atoms with E-state index in [2.05, 4.69) is 15.3 Å². The topological polar surface area (TPSA) is 62.1 Å². The summed E-state index contributed by atoms with van der Waals surface area (Å²) in [5.41, 5.74) is 3.76. The molecule has 0 spiro atoms. The van der Waals surface area contributed by atoms with Crippen LogP contribution in [0.5, 0.6) is 11.5 Å². The normalized spacial score (nSPS) is 10.6. The molecule has 0 atom stereocenters. The van der Waals surface area contributed by atoms with Crippen molar-refractivity contribution in [2.24, 2.45) is 0 Å². The van der Waals surface area contributed by atoms with E-state index >= 15 is 0 Å². The van der Waals surface area contributed by atoms with E-state index in [1.54, 1.807) is 25.1 Å². The van der Waals surface area contributed by atoms with Gasteiger partial charge in [0.25, 0.3) is 0 Å². The third-order valence-electron chi connectivity index (χ3n) is 4.28. The Bertz CT molecular complexity index is 1040. The van der Waals surface area contributed by atoms with Crippen LogP contribution in [0.4, 0.5) is 0 Å². The maximum absolute atomic E-state index is 5.48. The zero-order chi connectivity index (χ0) is 18.6. The second-order valence-corrected chi connectivity index (χ2v) is 5.88. The van der Waals surface area contributed by atoms with Gasteiger partial charge >= 0.3 is 0 Å². The van der Waals surface area contributed by atoms with Crippen LogP contribution >= 0.6 is 0 Å². The van der Waals surface area contributed by atoms with Crippen LogP contribution in [-0.2, 0) is 0 Å². The molecule has 0 aliphatic rings. The second-order valence-electron chi connectivity index (χ2n) is 5.88. The minimum absolute atomic E-state index is 0.731. The molecule has 2 aromatic heterocycles. The number of ether oxygens (including phenoxy) is 2.